The van der Waals surface area contributed by atoms with E-state index in [1.165, 1.54) is 11.8 Å². The molecule has 4 rings (SSSR count). The molecule has 4 aromatic rings. The molecular weight excluding hydrogens is 384 g/mol. The predicted octanol–water partition coefficient (Wildman–Crippen LogP) is 4.33. The highest BCUT2D eigenvalue weighted by Gasteiger charge is 2.16. The van der Waals surface area contributed by atoms with Crippen LogP contribution in [0, 0.1) is 13.8 Å². The average molecular weight is 399 g/mol. The molecule has 2 heterocycles. The van der Waals surface area contributed by atoms with Crippen LogP contribution in [0.5, 0.6) is 0 Å². The lowest BCUT2D eigenvalue weighted by molar-refractivity contribution is 0.485. The fourth-order valence-electron chi connectivity index (χ4n) is 2.78. The van der Waals surface area contributed by atoms with Gasteiger partial charge >= 0.3 is 0 Å². The topological polar surface area (TPSA) is 73.8 Å². The van der Waals surface area contributed by atoms with Crippen LogP contribution in [-0.4, -0.2) is 19.7 Å². The van der Waals surface area contributed by atoms with Crippen LogP contribution in [0.25, 0.3) is 16.6 Å². The van der Waals surface area contributed by atoms with Gasteiger partial charge in [0.1, 0.15) is 0 Å². The standard InChI is InChI=1S/C19H15ClN4O2S/c1-11-5-3-4-6-16(11)24-18(25)14-8-7-13(20)9-15(14)21-19(24)27-10-17-23-22-12(2)26-17/h3-9H,10H2,1-2H3. The van der Waals surface area contributed by atoms with Crippen molar-refractivity contribution in [3.63, 3.8) is 0 Å². The van der Waals surface area contributed by atoms with Gasteiger partial charge in [-0.2, -0.15) is 0 Å². The van der Waals surface area contributed by atoms with Gasteiger partial charge in [0.25, 0.3) is 5.56 Å². The molecule has 0 N–H and O–H groups in total. The predicted molar refractivity (Wildman–Crippen MR) is 106 cm³/mol. The third-order valence-corrected chi connectivity index (χ3v) is 5.21. The summed E-state index contributed by atoms with van der Waals surface area (Å²) in [5, 5.41) is 9.43. The van der Waals surface area contributed by atoms with E-state index >= 15 is 0 Å². The average Bonchev–Trinajstić information content (AvgIpc) is 3.06. The third kappa shape index (κ3) is 3.48. The Morgan fingerprint density at radius 2 is 1.96 bits per heavy atom. The van der Waals surface area contributed by atoms with Crippen molar-refractivity contribution in [2.24, 2.45) is 0 Å². The van der Waals surface area contributed by atoms with Gasteiger partial charge in [0.2, 0.25) is 11.8 Å². The minimum absolute atomic E-state index is 0.143. The zero-order chi connectivity index (χ0) is 19.0. The van der Waals surface area contributed by atoms with Crippen LogP contribution in [0.4, 0.5) is 0 Å². The van der Waals surface area contributed by atoms with Gasteiger partial charge < -0.3 is 4.42 Å². The Morgan fingerprint density at radius 1 is 1.15 bits per heavy atom. The van der Waals surface area contributed by atoms with Crippen LogP contribution < -0.4 is 5.56 Å². The first kappa shape index (κ1) is 17.8. The first-order valence-corrected chi connectivity index (χ1v) is 9.59. The van der Waals surface area contributed by atoms with E-state index in [0.29, 0.717) is 38.6 Å². The molecule has 0 aliphatic carbocycles. The number of aromatic nitrogens is 4. The van der Waals surface area contributed by atoms with Crippen molar-refractivity contribution in [3.8, 4) is 5.69 Å². The zero-order valence-electron chi connectivity index (χ0n) is 14.6. The number of rotatable bonds is 4. The Bertz CT molecular complexity index is 1200. The molecule has 0 unspecified atom stereocenters. The fraction of sp³-hybridized carbons (Fsp3) is 0.158. The van der Waals surface area contributed by atoms with Gasteiger partial charge in [-0.1, -0.05) is 41.6 Å². The molecule has 0 bridgehead atoms. The lowest BCUT2D eigenvalue weighted by Gasteiger charge is -2.14. The molecule has 0 amide bonds. The minimum Gasteiger partial charge on any atom is -0.425 e. The summed E-state index contributed by atoms with van der Waals surface area (Å²) in [5.74, 6) is 1.39. The number of nitrogens with zero attached hydrogens (tertiary/aromatic N) is 4. The van der Waals surface area contributed by atoms with E-state index in [2.05, 4.69) is 15.2 Å². The van der Waals surface area contributed by atoms with Crippen molar-refractivity contribution < 1.29 is 4.42 Å². The van der Waals surface area contributed by atoms with E-state index < -0.39 is 0 Å². The molecule has 0 radical (unpaired) electrons. The number of thioether (sulfide) groups is 1. The number of benzene rings is 2. The zero-order valence-corrected chi connectivity index (χ0v) is 16.2. The van der Waals surface area contributed by atoms with Gasteiger partial charge in [0.05, 0.1) is 22.3 Å². The van der Waals surface area contributed by atoms with Gasteiger partial charge in [-0.15, -0.1) is 10.2 Å². The fourth-order valence-corrected chi connectivity index (χ4v) is 3.79. The minimum atomic E-state index is -0.143. The molecule has 0 spiro atoms. The largest absolute Gasteiger partial charge is 0.425 e. The molecule has 136 valence electrons. The van der Waals surface area contributed by atoms with E-state index in [-0.39, 0.29) is 5.56 Å². The van der Waals surface area contributed by atoms with Crippen LogP contribution in [0.15, 0.2) is 56.8 Å². The first-order chi connectivity index (χ1) is 13.0. The molecule has 6 nitrogen and oxygen atoms in total. The second-order valence-electron chi connectivity index (χ2n) is 5.99. The monoisotopic (exact) mass is 398 g/mol. The van der Waals surface area contributed by atoms with Crippen molar-refractivity contribution in [1.29, 1.82) is 0 Å². The van der Waals surface area contributed by atoms with E-state index in [0.717, 1.165) is 11.3 Å². The molecule has 0 aliphatic rings. The highest BCUT2D eigenvalue weighted by Crippen LogP contribution is 2.26. The summed E-state index contributed by atoms with van der Waals surface area (Å²) in [4.78, 5) is 17.9. The SMILES string of the molecule is Cc1nnc(CSc2nc3cc(Cl)ccc3c(=O)n2-c2ccccc2C)o1. The van der Waals surface area contributed by atoms with Crippen molar-refractivity contribution in [1.82, 2.24) is 19.7 Å². The molecule has 0 saturated carbocycles. The van der Waals surface area contributed by atoms with Crippen LogP contribution >= 0.6 is 23.4 Å². The summed E-state index contributed by atoms with van der Waals surface area (Å²) in [5.41, 5.74) is 2.18. The summed E-state index contributed by atoms with van der Waals surface area (Å²) in [6.07, 6.45) is 0. The van der Waals surface area contributed by atoms with Gasteiger partial charge in [-0.05, 0) is 36.8 Å². The molecule has 0 fully saturated rings. The summed E-state index contributed by atoms with van der Waals surface area (Å²) < 4.78 is 7.06. The van der Waals surface area contributed by atoms with Gasteiger partial charge in [-0.3, -0.25) is 9.36 Å². The maximum Gasteiger partial charge on any atom is 0.266 e. The molecule has 8 heteroatoms. The second kappa shape index (κ2) is 7.17. The van der Waals surface area contributed by atoms with Gasteiger partial charge in [-0.25, -0.2) is 4.98 Å². The van der Waals surface area contributed by atoms with Crippen molar-refractivity contribution in [2.45, 2.75) is 24.8 Å². The van der Waals surface area contributed by atoms with E-state index in [9.17, 15) is 4.79 Å². The lowest BCUT2D eigenvalue weighted by Crippen LogP contribution is -2.22. The molecule has 0 aliphatic heterocycles. The molecule has 2 aromatic carbocycles. The Morgan fingerprint density at radius 3 is 2.70 bits per heavy atom. The Labute approximate surface area is 164 Å². The number of para-hydroxylation sites is 1. The summed E-state index contributed by atoms with van der Waals surface area (Å²) in [6, 6.07) is 12.8. The smallest absolute Gasteiger partial charge is 0.266 e. The first-order valence-electron chi connectivity index (χ1n) is 8.23. The van der Waals surface area contributed by atoms with Gasteiger partial charge in [0, 0.05) is 11.9 Å². The van der Waals surface area contributed by atoms with Crippen LogP contribution in [0.2, 0.25) is 5.02 Å². The summed E-state index contributed by atoms with van der Waals surface area (Å²) in [7, 11) is 0. The van der Waals surface area contributed by atoms with E-state index in [4.69, 9.17) is 16.0 Å². The third-order valence-electron chi connectivity index (χ3n) is 4.05. The lowest BCUT2D eigenvalue weighted by atomic mass is 10.2. The van der Waals surface area contributed by atoms with Crippen LogP contribution in [0.3, 0.4) is 0 Å². The molecule has 27 heavy (non-hydrogen) atoms. The Balaban J connectivity index is 1.90. The number of aryl methyl sites for hydroxylation is 2. The second-order valence-corrected chi connectivity index (χ2v) is 7.37. The van der Waals surface area contributed by atoms with Crippen molar-refractivity contribution in [2.75, 3.05) is 0 Å². The number of hydrogen-bond acceptors (Lipinski definition) is 6. The maximum absolute atomic E-state index is 13.2. The summed E-state index contributed by atoms with van der Waals surface area (Å²) >= 11 is 7.46. The Hall–Kier alpha value is -2.64. The highest BCUT2D eigenvalue weighted by molar-refractivity contribution is 7.98. The van der Waals surface area contributed by atoms with Crippen molar-refractivity contribution >= 4 is 34.3 Å². The highest BCUT2D eigenvalue weighted by atomic mass is 35.5. The molecular formula is C19H15ClN4O2S. The normalized spacial score (nSPS) is 11.2. The number of halogens is 1. The molecule has 0 atom stereocenters. The molecule has 0 saturated heterocycles. The van der Waals surface area contributed by atoms with Crippen molar-refractivity contribution in [3.05, 3.63) is 75.2 Å². The van der Waals surface area contributed by atoms with Gasteiger partial charge in [0.15, 0.2) is 5.16 Å². The van der Waals surface area contributed by atoms with Crippen LogP contribution in [-0.2, 0) is 5.75 Å². The quantitative estimate of drug-likeness (QED) is 0.376. The van der Waals surface area contributed by atoms with Crippen LogP contribution in [0.1, 0.15) is 17.3 Å². The van der Waals surface area contributed by atoms with E-state index in [1.807, 2.05) is 31.2 Å². The summed E-state index contributed by atoms with van der Waals surface area (Å²) in [6.45, 7) is 3.70. The number of fused-ring (bicyclic) bond motifs is 1. The number of hydrogen-bond donors (Lipinski definition) is 0. The van der Waals surface area contributed by atoms with E-state index in [1.54, 1.807) is 29.7 Å². The Kier molecular flexibility index (Phi) is 4.72. The maximum atomic E-state index is 13.2. The molecule has 2 aromatic heterocycles.